The normalized spacial score (nSPS) is 10.8. The smallest absolute Gasteiger partial charge is 0.185 e. The van der Waals surface area contributed by atoms with Crippen LogP contribution in [0.5, 0.6) is 11.5 Å². The second-order valence-corrected chi connectivity index (χ2v) is 7.29. The first kappa shape index (κ1) is 20.2. The Labute approximate surface area is 177 Å². The molecule has 0 bridgehead atoms. The summed E-state index contributed by atoms with van der Waals surface area (Å²) in [5, 5.41) is 0.602. The van der Waals surface area contributed by atoms with Gasteiger partial charge in [0, 0.05) is 16.1 Å². The van der Waals surface area contributed by atoms with Gasteiger partial charge in [0.25, 0.3) is 0 Å². The minimum absolute atomic E-state index is 0.0847. The molecule has 0 spiro atoms. The van der Waals surface area contributed by atoms with Gasteiger partial charge in [-0.2, -0.15) is 0 Å². The molecule has 0 amide bonds. The second kappa shape index (κ2) is 9.58. The SMILES string of the molecule is COc1ccc(/C=C/C(=O)c2ccc(Cl)cc2)cc1COc1ccccc1Br. The largest absolute Gasteiger partial charge is 0.496 e. The Balaban J connectivity index is 1.75. The van der Waals surface area contributed by atoms with Crippen LogP contribution < -0.4 is 9.47 Å². The Hall–Kier alpha value is -2.56. The number of hydrogen-bond acceptors (Lipinski definition) is 3. The minimum atomic E-state index is -0.0847. The predicted octanol–water partition coefficient (Wildman–Crippen LogP) is 6.59. The summed E-state index contributed by atoms with van der Waals surface area (Å²) < 4.78 is 12.2. The maximum atomic E-state index is 12.3. The number of hydrogen-bond donors (Lipinski definition) is 0. The zero-order chi connectivity index (χ0) is 19.9. The average Bonchev–Trinajstić information content (AvgIpc) is 2.72. The summed E-state index contributed by atoms with van der Waals surface area (Å²) in [6.07, 6.45) is 3.32. The van der Waals surface area contributed by atoms with Crippen molar-refractivity contribution in [1.29, 1.82) is 0 Å². The van der Waals surface area contributed by atoms with E-state index in [1.54, 1.807) is 43.5 Å². The third kappa shape index (κ3) is 5.24. The van der Waals surface area contributed by atoms with Crippen molar-refractivity contribution >= 4 is 39.4 Å². The van der Waals surface area contributed by atoms with Crippen molar-refractivity contribution in [3.05, 3.63) is 99.0 Å². The molecule has 3 aromatic rings. The maximum absolute atomic E-state index is 12.3. The first-order chi connectivity index (χ1) is 13.6. The van der Waals surface area contributed by atoms with Gasteiger partial charge in [-0.1, -0.05) is 35.9 Å². The molecular formula is C23H18BrClO3. The Morgan fingerprint density at radius 2 is 1.79 bits per heavy atom. The second-order valence-electron chi connectivity index (χ2n) is 5.99. The third-order valence-corrected chi connectivity index (χ3v) is 4.99. The molecule has 0 N–H and O–H groups in total. The highest BCUT2D eigenvalue weighted by molar-refractivity contribution is 9.10. The molecule has 0 unspecified atom stereocenters. The van der Waals surface area contributed by atoms with E-state index in [1.807, 2.05) is 42.5 Å². The van der Waals surface area contributed by atoms with Gasteiger partial charge in [0.05, 0.1) is 11.6 Å². The van der Waals surface area contributed by atoms with Crippen molar-refractivity contribution in [2.24, 2.45) is 0 Å². The molecule has 0 aliphatic rings. The van der Waals surface area contributed by atoms with E-state index in [9.17, 15) is 4.79 Å². The van der Waals surface area contributed by atoms with Crippen LogP contribution in [0.25, 0.3) is 6.08 Å². The molecule has 3 aromatic carbocycles. The molecule has 0 aromatic heterocycles. The van der Waals surface area contributed by atoms with Crippen LogP contribution in [0, 0.1) is 0 Å². The lowest BCUT2D eigenvalue weighted by atomic mass is 10.1. The van der Waals surface area contributed by atoms with Crippen molar-refractivity contribution in [3.8, 4) is 11.5 Å². The molecule has 0 atom stereocenters. The molecule has 0 aliphatic heterocycles. The molecule has 5 heteroatoms. The summed E-state index contributed by atoms with van der Waals surface area (Å²) in [6.45, 7) is 0.346. The quantitative estimate of drug-likeness (QED) is 0.297. The molecule has 142 valence electrons. The number of carbonyl (C=O) groups excluding carboxylic acids is 1. The number of allylic oxidation sites excluding steroid dienone is 1. The number of rotatable bonds is 7. The average molecular weight is 458 g/mol. The molecular weight excluding hydrogens is 440 g/mol. The van der Waals surface area contributed by atoms with Crippen molar-refractivity contribution in [1.82, 2.24) is 0 Å². The molecule has 0 radical (unpaired) electrons. The Morgan fingerprint density at radius 3 is 2.50 bits per heavy atom. The summed E-state index contributed by atoms with van der Waals surface area (Å²) in [5.41, 5.74) is 2.36. The number of para-hydroxylation sites is 1. The lowest BCUT2D eigenvalue weighted by Gasteiger charge is -2.12. The lowest BCUT2D eigenvalue weighted by Crippen LogP contribution is -2.00. The summed E-state index contributed by atoms with van der Waals surface area (Å²) in [6, 6.07) is 20.2. The van der Waals surface area contributed by atoms with Crippen LogP contribution >= 0.6 is 27.5 Å². The van der Waals surface area contributed by atoms with Gasteiger partial charge in [-0.05, 0) is 76.1 Å². The van der Waals surface area contributed by atoms with E-state index in [1.165, 1.54) is 0 Å². The maximum Gasteiger partial charge on any atom is 0.185 e. The number of ketones is 1. The molecule has 0 fully saturated rings. The van der Waals surface area contributed by atoms with Crippen LogP contribution in [-0.2, 0) is 6.61 Å². The van der Waals surface area contributed by atoms with Gasteiger partial charge in [-0.25, -0.2) is 0 Å². The molecule has 0 aliphatic carbocycles. The molecule has 0 heterocycles. The third-order valence-electron chi connectivity index (χ3n) is 4.08. The molecule has 3 nitrogen and oxygen atoms in total. The fraction of sp³-hybridized carbons (Fsp3) is 0.0870. The Kier molecular flexibility index (Phi) is 6.90. The standard InChI is InChI=1S/C23H18BrClO3/c1-27-22-13-7-16(6-12-21(26)17-8-10-19(25)11-9-17)14-18(22)15-28-23-5-3-2-4-20(23)24/h2-14H,15H2,1H3/b12-6+. The number of carbonyl (C=O) groups is 1. The van der Waals surface area contributed by atoms with Gasteiger partial charge in [0.2, 0.25) is 0 Å². The Morgan fingerprint density at radius 1 is 1.04 bits per heavy atom. The van der Waals surface area contributed by atoms with Crippen LogP contribution in [-0.4, -0.2) is 12.9 Å². The first-order valence-electron chi connectivity index (χ1n) is 8.59. The van der Waals surface area contributed by atoms with Gasteiger partial charge in [-0.3, -0.25) is 4.79 Å². The highest BCUT2D eigenvalue weighted by Gasteiger charge is 2.07. The molecule has 3 rings (SSSR count). The van der Waals surface area contributed by atoms with E-state index in [2.05, 4.69) is 15.9 Å². The highest BCUT2D eigenvalue weighted by atomic mass is 79.9. The van der Waals surface area contributed by atoms with Gasteiger partial charge in [-0.15, -0.1) is 0 Å². The summed E-state index contributed by atoms with van der Waals surface area (Å²) >= 11 is 9.34. The monoisotopic (exact) mass is 456 g/mol. The van der Waals surface area contributed by atoms with E-state index in [4.69, 9.17) is 21.1 Å². The van der Waals surface area contributed by atoms with Crippen LogP contribution in [0.1, 0.15) is 21.5 Å². The number of methoxy groups -OCH3 is 1. The van der Waals surface area contributed by atoms with Crippen LogP contribution in [0.3, 0.4) is 0 Å². The number of benzene rings is 3. The molecule has 28 heavy (non-hydrogen) atoms. The summed E-state index contributed by atoms with van der Waals surface area (Å²) in [7, 11) is 1.62. The van der Waals surface area contributed by atoms with Gasteiger partial charge < -0.3 is 9.47 Å². The van der Waals surface area contributed by atoms with Crippen LogP contribution in [0.15, 0.2) is 77.3 Å². The van der Waals surface area contributed by atoms with Crippen LogP contribution in [0.4, 0.5) is 0 Å². The zero-order valence-corrected chi connectivity index (χ0v) is 17.5. The van der Waals surface area contributed by atoms with Gasteiger partial charge >= 0.3 is 0 Å². The summed E-state index contributed by atoms with van der Waals surface area (Å²) in [4.78, 5) is 12.3. The fourth-order valence-corrected chi connectivity index (χ4v) is 3.14. The zero-order valence-electron chi connectivity index (χ0n) is 15.2. The van der Waals surface area contributed by atoms with E-state index < -0.39 is 0 Å². The highest BCUT2D eigenvalue weighted by Crippen LogP contribution is 2.27. The van der Waals surface area contributed by atoms with Crippen LogP contribution in [0.2, 0.25) is 5.02 Å². The predicted molar refractivity (Wildman–Crippen MR) is 116 cm³/mol. The van der Waals surface area contributed by atoms with Crippen molar-refractivity contribution in [2.45, 2.75) is 6.61 Å². The van der Waals surface area contributed by atoms with E-state index in [0.717, 1.165) is 27.1 Å². The topological polar surface area (TPSA) is 35.5 Å². The number of halogens is 2. The summed E-state index contributed by atoms with van der Waals surface area (Å²) in [5.74, 6) is 1.40. The Bertz CT molecular complexity index is 997. The van der Waals surface area contributed by atoms with Gasteiger partial charge in [0.1, 0.15) is 18.1 Å². The van der Waals surface area contributed by atoms with E-state index >= 15 is 0 Å². The molecule has 0 saturated carbocycles. The van der Waals surface area contributed by atoms with Crippen molar-refractivity contribution in [2.75, 3.05) is 7.11 Å². The van der Waals surface area contributed by atoms with Gasteiger partial charge in [0.15, 0.2) is 5.78 Å². The lowest BCUT2D eigenvalue weighted by molar-refractivity contribution is 0.104. The number of ether oxygens (including phenoxy) is 2. The molecule has 0 saturated heterocycles. The van der Waals surface area contributed by atoms with Crippen molar-refractivity contribution < 1.29 is 14.3 Å². The minimum Gasteiger partial charge on any atom is -0.496 e. The van der Waals surface area contributed by atoms with E-state index in [0.29, 0.717) is 17.2 Å². The van der Waals surface area contributed by atoms with E-state index in [-0.39, 0.29) is 5.78 Å². The first-order valence-corrected chi connectivity index (χ1v) is 9.76. The van der Waals surface area contributed by atoms with Crippen molar-refractivity contribution in [3.63, 3.8) is 0 Å². The fourth-order valence-electron chi connectivity index (χ4n) is 2.61.